The molecule has 0 spiro atoms. The average Bonchev–Trinajstić information content (AvgIpc) is 1.95. The van der Waals surface area contributed by atoms with E-state index in [-0.39, 0.29) is 11.0 Å². The van der Waals surface area contributed by atoms with Gasteiger partial charge in [0.2, 0.25) is 0 Å². The van der Waals surface area contributed by atoms with E-state index in [2.05, 4.69) is 20.8 Å². The van der Waals surface area contributed by atoms with Gasteiger partial charge >= 0.3 is 0 Å². The van der Waals surface area contributed by atoms with Gasteiger partial charge in [-0.3, -0.25) is 0 Å². The van der Waals surface area contributed by atoms with Gasteiger partial charge in [-0.15, -0.1) is 0 Å². The van der Waals surface area contributed by atoms with Crippen molar-refractivity contribution in [3.8, 4) is 0 Å². The molecule has 2 atom stereocenters. The van der Waals surface area contributed by atoms with Gasteiger partial charge in [-0.25, -0.2) is 0 Å². The highest BCUT2D eigenvalue weighted by Crippen LogP contribution is 2.43. The molecule has 0 bridgehead atoms. The van der Waals surface area contributed by atoms with E-state index in [1.807, 2.05) is 0 Å². The summed E-state index contributed by atoms with van der Waals surface area (Å²) in [5, 5.41) is 0. The van der Waals surface area contributed by atoms with Gasteiger partial charge in [0.1, 0.15) is 0 Å². The molecule has 0 saturated heterocycles. The van der Waals surface area contributed by atoms with Crippen LogP contribution in [0.25, 0.3) is 0 Å². The Morgan fingerprint density at radius 3 is 2.33 bits per heavy atom. The molecule has 0 aromatic heterocycles. The maximum atomic E-state index is 6.23. The van der Waals surface area contributed by atoms with Gasteiger partial charge in [0.25, 0.3) is 0 Å². The largest absolute Gasteiger partial charge is 0.330 e. The Kier molecular flexibility index (Phi) is 2.50. The second-order valence-corrected chi connectivity index (χ2v) is 5.15. The minimum absolute atomic E-state index is 0.00132. The Balaban J connectivity index is 2.68. The van der Waals surface area contributed by atoms with E-state index in [0.717, 1.165) is 13.0 Å². The summed E-state index contributed by atoms with van der Waals surface area (Å²) in [6.45, 7) is 7.50. The number of rotatable bonds is 1. The lowest BCUT2D eigenvalue weighted by molar-refractivity contribution is 0.0796. The highest BCUT2D eigenvalue weighted by Gasteiger charge is 2.42. The molecule has 0 amide bonds. The fraction of sp³-hybridized carbons (Fsp3) is 1.00. The molecule has 2 nitrogen and oxygen atoms in total. The summed E-state index contributed by atoms with van der Waals surface area (Å²) >= 11 is 0. The second-order valence-electron chi connectivity index (χ2n) is 5.15. The molecule has 12 heavy (non-hydrogen) atoms. The van der Waals surface area contributed by atoms with Crippen LogP contribution in [-0.2, 0) is 0 Å². The van der Waals surface area contributed by atoms with Crippen LogP contribution in [0.5, 0.6) is 0 Å². The van der Waals surface area contributed by atoms with Crippen molar-refractivity contribution in [1.82, 2.24) is 0 Å². The van der Waals surface area contributed by atoms with Crippen LogP contribution < -0.4 is 11.5 Å². The van der Waals surface area contributed by atoms with E-state index in [0.29, 0.717) is 5.92 Å². The van der Waals surface area contributed by atoms with Crippen LogP contribution in [0, 0.1) is 11.3 Å². The van der Waals surface area contributed by atoms with Gasteiger partial charge in [-0.05, 0) is 44.1 Å². The fourth-order valence-electron chi connectivity index (χ4n) is 2.10. The van der Waals surface area contributed by atoms with E-state index in [9.17, 15) is 0 Å². The number of nitrogens with two attached hydrogens (primary N) is 2. The zero-order valence-electron chi connectivity index (χ0n) is 8.56. The van der Waals surface area contributed by atoms with Crippen LogP contribution in [0.1, 0.15) is 40.0 Å². The first kappa shape index (κ1) is 10.0. The minimum Gasteiger partial charge on any atom is -0.330 e. The summed E-state index contributed by atoms with van der Waals surface area (Å²) in [5.74, 6) is 0.691. The number of hydrogen-bond acceptors (Lipinski definition) is 2. The highest BCUT2D eigenvalue weighted by atomic mass is 14.8. The molecular formula is C10H22N2. The van der Waals surface area contributed by atoms with Crippen molar-refractivity contribution in [3.05, 3.63) is 0 Å². The summed E-state index contributed by atoms with van der Waals surface area (Å²) in [4.78, 5) is 0. The third-order valence-electron chi connectivity index (χ3n) is 3.75. The van der Waals surface area contributed by atoms with E-state index in [1.165, 1.54) is 12.8 Å². The summed E-state index contributed by atoms with van der Waals surface area (Å²) < 4.78 is 0. The summed E-state index contributed by atoms with van der Waals surface area (Å²) in [6.07, 6.45) is 3.49. The van der Waals surface area contributed by atoms with Crippen molar-refractivity contribution < 1.29 is 0 Å². The second kappa shape index (κ2) is 3.00. The van der Waals surface area contributed by atoms with E-state index < -0.39 is 0 Å². The molecule has 0 aromatic carbocycles. The lowest BCUT2D eigenvalue weighted by atomic mass is 9.61. The van der Waals surface area contributed by atoms with E-state index >= 15 is 0 Å². The first-order chi connectivity index (χ1) is 5.39. The molecule has 1 aliphatic rings. The maximum absolute atomic E-state index is 6.23. The Hall–Kier alpha value is -0.0800. The average molecular weight is 170 g/mol. The molecule has 0 unspecified atom stereocenters. The molecule has 1 rings (SSSR count). The smallest absolute Gasteiger partial charge is 0.0177 e. The quantitative estimate of drug-likeness (QED) is 0.626. The lowest BCUT2D eigenvalue weighted by Gasteiger charge is -2.48. The topological polar surface area (TPSA) is 52.0 Å². The molecule has 0 heterocycles. The van der Waals surface area contributed by atoms with Gasteiger partial charge in [0.05, 0.1) is 0 Å². The fourth-order valence-corrected chi connectivity index (χ4v) is 2.10. The molecule has 0 radical (unpaired) electrons. The van der Waals surface area contributed by atoms with Crippen LogP contribution in [0.3, 0.4) is 0 Å². The third kappa shape index (κ3) is 1.64. The highest BCUT2D eigenvalue weighted by molar-refractivity contribution is 4.99. The maximum Gasteiger partial charge on any atom is 0.0177 e. The van der Waals surface area contributed by atoms with E-state index in [4.69, 9.17) is 11.5 Å². The number of hydrogen-bond donors (Lipinski definition) is 2. The first-order valence-corrected chi connectivity index (χ1v) is 4.88. The Bertz CT molecular complexity index is 161. The summed E-state index contributed by atoms with van der Waals surface area (Å²) in [7, 11) is 0. The monoisotopic (exact) mass is 170 g/mol. The first-order valence-electron chi connectivity index (χ1n) is 4.88. The van der Waals surface area contributed by atoms with Crippen molar-refractivity contribution in [3.63, 3.8) is 0 Å². The van der Waals surface area contributed by atoms with Crippen LogP contribution in [0.2, 0.25) is 0 Å². The Labute approximate surface area is 75.7 Å². The SMILES string of the molecule is CC1(C)C[C@@H](CN)CC[C@]1(C)N. The molecule has 0 aromatic rings. The van der Waals surface area contributed by atoms with Crippen LogP contribution in [0.15, 0.2) is 0 Å². The Morgan fingerprint density at radius 1 is 1.33 bits per heavy atom. The van der Waals surface area contributed by atoms with Crippen LogP contribution >= 0.6 is 0 Å². The van der Waals surface area contributed by atoms with Gasteiger partial charge < -0.3 is 11.5 Å². The molecular weight excluding hydrogens is 148 g/mol. The predicted molar refractivity (Wildman–Crippen MR) is 52.8 cm³/mol. The van der Waals surface area contributed by atoms with Crippen molar-refractivity contribution in [1.29, 1.82) is 0 Å². The molecule has 1 saturated carbocycles. The molecule has 1 aliphatic carbocycles. The zero-order chi connectivity index (χ0) is 9.41. The molecule has 0 aliphatic heterocycles. The minimum atomic E-state index is -0.00132. The lowest BCUT2D eigenvalue weighted by Crippen LogP contribution is -2.54. The molecule has 72 valence electrons. The van der Waals surface area contributed by atoms with Gasteiger partial charge in [-0.2, -0.15) is 0 Å². The van der Waals surface area contributed by atoms with Gasteiger partial charge in [0, 0.05) is 5.54 Å². The van der Waals surface area contributed by atoms with Crippen LogP contribution in [0.4, 0.5) is 0 Å². The van der Waals surface area contributed by atoms with Crippen LogP contribution in [-0.4, -0.2) is 12.1 Å². The van der Waals surface area contributed by atoms with Crippen molar-refractivity contribution in [2.75, 3.05) is 6.54 Å². The van der Waals surface area contributed by atoms with Gasteiger partial charge in [0.15, 0.2) is 0 Å². The molecule has 1 fully saturated rings. The summed E-state index contributed by atoms with van der Waals surface area (Å²) in [5.41, 5.74) is 12.1. The van der Waals surface area contributed by atoms with E-state index in [1.54, 1.807) is 0 Å². The third-order valence-corrected chi connectivity index (χ3v) is 3.75. The predicted octanol–water partition coefficient (Wildman–Crippen LogP) is 1.49. The van der Waals surface area contributed by atoms with Gasteiger partial charge in [-0.1, -0.05) is 13.8 Å². The normalized spacial score (nSPS) is 41.2. The summed E-state index contributed by atoms with van der Waals surface area (Å²) in [6, 6.07) is 0. The molecule has 2 heteroatoms. The Morgan fingerprint density at radius 2 is 1.92 bits per heavy atom. The van der Waals surface area contributed by atoms with Crippen molar-refractivity contribution in [2.24, 2.45) is 22.8 Å². The molecule has 4 N–H and O–H groups in total. The standard InChI is InChI=1S/C10H22N2/c1-9(2)6-8(7-11)4-5-10(9,3)12/h8H,4-7,11-12H2,1-3H3/t8-,10-/m0/s1. The van der Waals surface area contributed by atoms with Crippen molar-refractivity contribution >= 4 is 0 Å². The van der Waals surface area contributed by atoms with Crippen molar-refractivity contribution in [2.45, 2.75) is 45.6 Å². The zero-order valence-corrected chi connectivity index (χ0v) is 8.56.